The number of Topliss-reactive ketones (excluding diaryl/α,β-unsaturated/α-hetero) is 1. The second kappa shape index (κ2) is 8.85. The molecule has 0 aliphatic rings. The SMILES string of the molecule is COc1ccccc1C(C)=O.COc1ccccc1C(C)O. The molecule has 0 amide bonds. The summed E-state index contributed by atoms with van der Waals surface area (Å²) in [5.74, 6) is 1.41. The van der Waals surface area contributed by atoms with Gasteiger partial charge in [-0.05, 0) is 32.0 Å². The van der Waals surface area contributed by atoms with E-state index >= 15 is 0 Å². The van der Waals surface area contributed by atoms with Gasteiger partial charge in [-0.25, -0.2) is 0 Å². The lowest BCUT2D eigenvalue weighted by atomic mass is 10.1. The monoisotopic (exact) mass is 302 g/mol. The highest BCUT2D eigenvalue weighted by Crippen LogP contribution is 2.23. The molecule has 118 valence electrons. The van der Waals surface area contributed by atoms with Crippen LogP contribution in [0.3, 0.4) is 0 Å². The van der Waals surface area contributed by atoms with Crippen LogP contribution < -0.4 is 9.47 Å². The van der Waals surface area contributed by atoms with Crippen molar-refractivity contribution in [2.45, 2.75) is 20.0 Å². The van der Waals surface area contributed by atoms with Gasteiger partial charge >= 0.3 is 0 Å². The summed E-state index contributed by atoms with van der Waals surface area (Å²) in [5.41, 5.74) is 1.46. The Labute approximate surface area is 131 Å². The average Bonchev–Trinajstić information content (AvgIpc) is 2.55. The average molecular weight is 302 g/mol. The molecule has 1 unspecified atom stereocenters. The van der Waals surface area contributed by atoms with Crippen LogP contribution in [-0.2, 0) is 0 Å². The van der Waals surface area contributed by atoms with Crippen molar-refractivity contribution in [3.8, 4) is 11.5 Å². The number of aliphatic hydroxyl groups excluding tert-OH is 1. The van der Waals surface area contributed by atoms with E-state index in [-0.39, 0.29) is 5.78 Å². The quantitative estimate of drug-likeness (QED) is 0.876. The number of carbonyl (C=O) groups excluding carboxylic acids is 1. The zero-order valence-corrected chi connectivity index (χ0v) is 13.4. The molecule has 0 spiro atoms. The first-order valence-electron chi connectivity index (χ1n) is 6.96. The fourth-order valence-corrected chi connectivity index (χ4v) is 1.95. The minimum atomic E-state index is -0.467. The molecule has 0 fully saturated rings. The van der Waals surface area contributed by atoms with E-state index in [2.05, 4.69) is 0 Å². The van der Waals surface area contributed by atoms with Crippen LogP contribution in [0.15, 0.2) is 48.5 Å². The van der Waals surface area contributed by atoms with E-state index in [9.17, 15) is 9.90 Å². The molecule has 2 rings (SSSR count). The van der Waals surface area contributed by atoms with Gasteiger partial charge in [-0.2, -0.15) is 0 Å². The Balaban J connectivity index is 0.000000220. The molecule has 0 radical (unpaired) electrons. The van der Waals surface area contributed by atoms with E-state index in [1.165, 1.54) is 6.92 Å². The third-order valence-corrected chi connectivity index (χ3v) is 3.08. The number of aliphatic hydroxyl groups is 1. The highest BCUT2D eigenvalue weighted by Gasteiger charge is 2.05. The molecule has 0 aromatic heterocycles. The first-order valence-corrected chi connectivity index (χ1v) is 6.96. The molecule has 0 saturated carbocycles. The lowest BCUT2D eigenvalue weighted by Gasteiger charge is -2.09. The van der Waals surface area contributed by atoms with Crippen LogP contribution in [0.5, 0.6) is 11.5 Å². The van der Waals surface area contributed by atoms with Crippen molar-refractivity contribution in [1.29, 1.82) is 0 Å². The topological polar surface area (TPSA) is 55.8 Å². The number of hydrogen-bond acceptors (Lipinski definition) is 4. The molecule has 0 heterocycles. The van der Waals surface area contributed by atoms with Gasteiger partial charge in [0.05, 0.1) is 25.9 Å². The molecular formula is C18H22O4. The maximum atomic E-state index is 10.9. The molecule has 22 heavy (non-hydrogen) atoms. The summed E-state index contributed by atoms with van der Waals surface area (Å²) < 4.78 is 10.0. The Bertz CT molecular complexity index is 606. The van der Waals surface area contributed by atoms with Crippen molar-refractivity contribution >= 4 is 5.78 Å². The van der Waals surface area contributed by atoms with E-state index in [1.54, 1.807) is 33.3 Å². The van der Waals surface area contributed by atoms with Crippen LogP contribution in [0.1, 0.15) is 35.9 Å². The van der Waals surface area contributed by atoms with Crippen LogP contribution in [0, 0.1) is 0 Å². The zero-order valence-electron chi connectivity index (χ0n) is 13.4. The highest BCUT2D eigenvalue weighted by atomic mass is 16.5. The van der Waals surface area contributed by atoms with Crippen molar-refractivity contribution in [3.05, 3.63) is 59.7 Å². The summed E-state index contributed by atoms with van der Waals surface area (Å²) >= 11 is 0. The lowest BCUT2D eigenvalue weighted by molar-refractivity contribution is 0.101. The van der Waals surface area contributed by atoms with Crippen LogP contribution in [-0.4, -0.2) is 25.1 Å². The molecular weight excluding hydrogens is 280 g/mol. The molecule has 4 nitrogen and oxygen atoms in total. The van der Waals surface area contributed by atoms with Crippen molar-refractivity contribution in [3.63, 3.8) is 0 Å². The van der Waals surface area contributed by atoms with Crippen LogP contribution in [0.25, 0.3) is 0 Å². The maximum absolute atomic E-state index is 10.9. The van der Waals surface area contributed by atoms with E-state index in [4.69, 9.17) is 9.47 Å². The number of carbonyl (C=O) groups is 1. The minimum Gasteiger partial charge on any atom is -0.496 e. The molecule has 1 N–H and O–H groups in total. The smallest absolute Gasteiger partial charge is 0.163 e. The predicted octanol–water partition coefficient (Wildman–Crippen LogP) is 3.65. The molecule has 2 aromatic carbocycles. The van der Waals surface area contributed by atoms with E-state index in [1.807, 2.05) is 36.4 Å². The Hall–Kier alpha value is -2.33. The maximum Gasteiger partial charge on any atom is 0.163 e. The number of ether oxygens (including phenoxy) is 2. The van der Waals surface area contributed by atoms with Crippen LogP contribution in [0.4, 0.5) is 0 Å². The number of hydrogen-bond donors (Lipinski definition) is 1. The van der Waals surface area contributed by atoms with Gasteiger partial charge < -0.3 is 14.6 Å². The van der Waals surface area contributed by atoms with Crippen LogP contribution >= 0.6 is 0 Å². The number of methoxy groups -OCH3 is 2. The van der Waals surface area contributed by atoms with Gasteiger partial charge in [-0.1, -0.05) is 30.3 Å². The standard InChI is InChI=1S/C9H12O2.C9H10O2/c2*1-7(10)8-5-3-4-6-9(8)11-2/h3-7,10H,1-2H3;3-6H,1-2H3. The van der Waals surface area contributed by atoms with Gasteiger partial charge in [0, 0.05) is 5.56 Å². The Kier molecular flexibility index (Phi) is 7.13. The number of rotatable bonds is 4. The fourth-order valence-electron chi connectivity index (χ4n) is 1.95. The minimum absolute atomic E-state index is 0.0300. The van der Waals surface area contributed by atoms with Gasteiger partial charge in [0.1, 0.15) is 11.5 Å². The summed E-state index contributed by atoms with van der Waals surface area (Å²) in [5, 5.41) is 9.26. The molecule has 2 aromatic rings. The summed E-state index contributed by atoms with van der Waals surface area (Å²) in [6.45, 7) is 3.25. The van der Waals surface area contributed by atoms with Gasteiger partial charge in [-0.15, -0.1) is 0 Å². The summed E-state index contributed by atoms with van der Waals surface area (Å²) in [6.07, 6.45) is -0.467. The van der Waals surface area contributed by atoms with Crippen molar-refractivity contribution in [2.75, 3.05) is 14.2 Å². The molecule has 1 atom stereocenters. The van der Waals surface area contributed by atoms with E-state index in [0.717, 1.165) is 11.3 Å². The summed E-state index contributed by atoms with van der Waals surface area (Å²) in [6, 6.07) is 14.6. The first kappa shape index (κ1) is 17.7. The zero-order chi connectivity index (χ0) is 16.5. The van der Waals surface area contributed by atoms with Crippen molar-refractivity contribution < 1.29 is 19.4 Å². The third kappa shape index (κ3) is 4.90. The first-order chi connectivity index (χ1) is 10.5. The second-order valence-electron chi connectivity index (χ2n) is 4.67. The molecule has 0 aliphatic carbocycles. The van der Waals surface area contributed by atoms with Gasteiger partial charge in [0.25, 0.3) is 0 Å². The van der Waals surface area contributed by atoms with Gasteiger partial charge in [0.15, 0.2) is 5.78 Å². The Morgan fingerprint density at radius 3 is 1.86 bits per heavy atom. The summed E-state index contributed by atoms with van der Waals surface area (Å²) in [4.78, 5) is 10.9. The number of ketones is 1. The second-order valence-corrected chi connectivity index (χ2v) is 4.67. The fraction of sp³-hybridized carbons (Fsp3) is 0.278. The van der Waals surface area contributed by atoms with Crippen molar-refractivity contribution in [1.82, 2.24) is 0 Å². The molecule has 0 saturated heterocycles. The van der Waals surface area contributed by atoms with Gasteiger partial charge in [0.2, 0.25) is 0 Å². The van der Waals surface area contributed by atoms with E-state index < -0.39 is 6.10 Å². The Morgan fingerprint density at radius 1 is 0.955 bits per heavy atom. The number of benzene rings is 2. The van der Waals surface area contributed by atoms with Gasteiger partial charge in [-0.3, -0.25) is 4.79 Å². The lowest BCUT2D eigenvalue weighted by Crippen LogP contribution is -1.96. The van der Waals surface area contributed by atoms with E-state index in [0.29, 0.717) is 11.3 Å². The molecule has 0 bridgehead atoms. The van der Waals surface area contributed by atoms with Crippen molar-refractivity contribution in [2.24, 2.45) is 0 Å². The predicted molar refractivity (Wildman–Crippen MR) is 86.6 cm³/mol. The Morgan fingerprint density at radius 2 is 1.45 bits per heavy atom. The molecule has 4 heteroatoms. The highest BCUT2D eigenvalue weighted by molar-refractivity contribution is 5.96. The largest absolute Gasteiger partial charge is 0.496 e. The van der Waals surface area contributed by atoms with Crippen LogP contribution in [0.2, 0.25) is 0 Å². The third-order valence-electron chi connectivity index (χ3n) is 3.08. The summed E-state index contributed by atoms with van der Waals surface area (Å²) in [7, 11) is 3.16. The normalized spacial score (nSPS) is 11.0. The number of para-hydroxylation sites is 2. The molecule has 0 aliphatic heterocycles.